The predicted octanol–water partition coefficient (Wildman–Crippen LogP) is -3.31. The van der Waals surface area contributed by atoms with E-state index in [1.807, 2.05) is 0 Å². The van der Waals surface area contributed by atoms with Gasteiger partial charge in [-0.2, -0.15) is 4.98 Å². The van der Waals surface area contributed by atoms with Crippen LogP contribution in [-0.4, -0.2) is 56.5 Å². The van der Waals surface area contributed by atoms with Gasteiger partial charge in [-0.05, 0) is 0 Å². The number of aliphatic hydroxyl groups is 3. The van der Waals surface area contributed by atoms with E-state index in [1.165, 1.54) is 0 Å². The minimum Gasteiger partial charge on any atom is -0.829 e. The van der Waals surface area contributed by atoms with Crippen LogP contribution in [0.25, 0.3) is 0 Å². The number of hydrogen-bond donors (Lipinski definition) is 4. The molecule has 2 heterocycles. The van der Waals surface area contributed by atoms with Crippen molar-refractivity contribution in [1.82, 2.24) is 9.97 Å². The van der Waals surface area contributed by atoms with Gasteiger partial charge in [0, 0.05) is 12.5 Å². The van der Waals surface area contributed by atoms with Gasteiger partial charge in [0.05, 0.1) is 18.9 Å². The van der Waals surface area contributed by atoms with Crippen molar-refractivity contribution >= 4 is 0 Å². The number of aromatic nitrogens is 2. The monoisotopic (exact) mass is 263 g/mol. The molecule has 9 heteroatoms. The number of aliphatic hydroxyl groups excluding tert-OH is 3. The smallest absolute Gasteiger partial charge is 0.345 e. The zero-order valence-corrected chi connectivity index (χ0v) is 9.06. The average molecular weight is 263 g/mol. The number of rotatable bonds is 1. The molecule has 102 valence electrons. The Hall–Kier alpha value is -1.39. The first kappa shape index (κ1) is 14.7. The summed E-state index contributed by atoms with van der Waals surface area (Å²) in [7, 11) is 0. The van der Waals surface area contributed by atoms with Crippen molar-refractivity contribution in [3.8, 4) is 0 Å². The topological polar surface area (TPSA) is 139 Å². The molecule has 0 amide bonds. The standard InChI is InChI=1S/C5H9O5.C4H3FN2O/c6-1-2-3(7)4(8)5(9)10-2;5-3-1-6-4(8)7-2-3/h2-8H,1H2;1-2H,(H,6,7,8)/q-1;/t2-,3-,4-,5-;/m1./s1. The van der Waals surface area contributed by atoms with Crippen molar-refractivity contribution in [2.24, 2.45) is 0 Å². The summed E-state index contributed by atoms with van der Waals surface area (Å²) < 4.78 is 16.3. The van der Waals surface area contributed by atoms with Crippen LogP contribution in [-0.2, 0) is 4.74 Å². The van der Waals surface area contributed by atoms with Crippen LogP contribution in [0.3, 0.4) is 0 Å². The fourth-order valence-electron chi connectivity index (χ4n) is 1.19. The third-order valence-corrected chi connectivity index (χ3v) is 2.14. The Labute approximate surface area is 100 Å². The normalized spacial score (nSPS) is 30.7. The number of H-pyrrole nitrogens is 1. The van der Waals surface area contributed by atoms with E-state index < -0.39 is 42.7 Å². The lowest BCUT2D eigenvalue weighted by Gasteiger charge is -2.18. The summed E-state index contributed by atoms with van der Waals surface area (Å²) in [4.78, 5) is 15.2. The Balaban J connectivity index is 0.000000184. The van der Waals surface area contributed by atoms with Crippen molar-refractivity contribution in [2.75, 3.05) is 6.61 Å². The van der Waals surface area contributed by atoms with Crippen LogP contribution in [0.4, 0.5) is 4.39 Å². The Morgan fingerprint density at radius 2 is 2.17 bits per heavy atom. The molecule has 4 atom stereocenters. The van der Waals surface area contributed by atoms with Crippen molar-refractivity contribution < 1.29 is 29.6 Å². The molecule has 1 aromatic heterocycles. The Kier molecular flexibility index (Phi) is 5.31. The quantitative estimate of drug-likeness (QED) is 0.416. The van der Waals surface area contributed by atoms with Crippen molar-refractivity contribution in [3.05, 3.63) is 28.7 Å². The molecule has 0 saturated carbocycles. The third-order valence-electron chi connectivity index (χ3n) is 2.14. The highest BCUT2D eigenvalue weighted by Crippen LogP contribution is 2.16. The van der Waals surface area contributed by atoms with Crippen LogP contribution >= 0.6 is 0 Å². The van der Waals surface area contributed by atoms with Crippen LogP contribution in [0, 0.1) is 5.82 Å². The van der Waals surface area contributed by atoms with Gasteiger partial charge in [0.25, 0.3) is 0 Å². The minimum atomic E-state index is -1.63. The third kappa shape index (κ3) is 3.82. The van der Waals surface area contributed by atoms with E-state index in [9.17, 15) is 14.3 Å². The molecule has 0 radical (unpaired) electrons. The van der Waals surface area contributed by atoms with Gasteiger partial charge >= 0.3 is 5.69 Å². The van der Waals surface area contributed by atoms with Gasteiger partial charge < -0.3 is 30.1 Å². The number of ether oxygens (including phenoxy) is 1. The molecule has 8 nitrogen and oxygen atoms in total. The summed E-state index contributed by atoms with van der Waals surface area (Å²) in [6.07, 6.45) is -3.43. The first-order chi connectivity index (χ1) is 8.45. The zero-order chi connectivity index (χ0) is 13.7. The van der Waals surface area contributed by atoms with E-state index >= 15 is 0 Å². The highest BCUT2D eigenvalue weighted by molar-refractivity contribution is 4.84. The number of halogens is 1. The van der Waals surface area contributed by atoms with E-state index in [2.05, 4.69) is 14.7 Å². The Morgan fingerprint density at radius 1 is 1.50 bits per heavy atom. The zero-order valence-electron chi connectivity index (χ0n) is 9.06. The van der Waals surface area contributed by atoms with E-state index in [0.29, 0.717) is 0 Å². The lowest BCUT2D eigenvalue weighted by atomic mass is 10.1. The molecule has 1 fully saturated rings. The summed E-state index contributed by atoms with van der Waals surface area (Å²) in [6.45, 7) is -0.447. The van der Waals surface area contributed by atoms with Crippen molar-refractivity contribution in [1.29, 1.82) is 0 Å². The maximum atomic E-state index is 11.9. The van der Waals surface area contributed by atoms with Gasteiger partial charge in [-0.3, -0.25) is 0 Å². The molecule has 1 saturated heterocycles. The fraction of sp³-hybridized carbons (Fsp3) is 0.556. The first-order valence-corrected chi connectivity index (χ1v) is 4.94. The molecule has 1 aliphatic rings. The SMILES string of the molecule is O=c1ncc(F)c[nH]1.[O-][C@@H]1O[C@H](CO)[C@@H](O)[C@H]1O. The molecule has 0 aromatic carbocycles. The molecule has 0 bridgehead atoms. The van der Waals surface area contributed by atoms with Crippen LogP contribution in [0.1, 0.15) is 0 Å². The molecular formula is C9H12FN2O6-. The van der Waals surface area contributed by atoms with Gasteiger partial charge in [-0.25, -0.2) is 9.18 Å². The second-order valence-corrected chi connectivity index (χ2v) is 3.44. The summed E-state index contributed by atoms with van der Waals surface area (Å²) in [5.41, 5.74) is -0.536. The minimum absolute atomic E-state index is 0.447. The van der Waals surface area contributed by atoms with Crippen LogP contribution in [0.15, 0.2) is 17.2 Å². The molecular weight excluding hydrogens is 251 g/mol. The van der Waals surface area contributed by atoms with E-state index in [1.54, 1.807) is 0 Å². The highest BCUT2D eigenvalue weighted by atomic mass is 19.1. The highest BCUT2D eigenvalue weighted by Gasteiger charge is 2.36. The molecule has 18 heavy (non-hydrogen) atoms. The number of nitrogens with zero attached hydrogens (tertiary/aromatic N) is 1. The van der Waals surface area contributed by atoms with Gasteiger partial charge in [-0.1, -0.05) is 0 Å². The first-order valence-electron chi connectivity index (χ1n) is 4.94. The molecule has 0 aliphatic carbocycles. The summed E-state index contributed by atoms with van der Waals surface area (Å²) in [6, 6.07) is 0. The molecule has 0 spiro atoms. The molecule has 2 rings (SSSR count). The number of hydrogen-bond acceptors (Lipinski definition) is 7. The second kappa shape index (κ2) is 6.52. The van der Waals surface area contributed by atoms with Gasteiger partial charge in [0.1, 0.15) is 12.2 Å². The summed E-state index contributed by atoms with van der Waals surface area (Å²) in [5.74, 6) is -0.537. The summed E-state index contributed by atoms with van der Waals surface area (Å²) in [5, 5.41) is 36.6. The fourth-order valence-corrected chi connectivity index (χ4v) is 1.19. The molecule has 4 N–H and O–H groups in total. The number of aromatic amines is 1. The lowest BCUT2D eigenvalue weighted by Crippen LogP contribution is -2.39. The molecule has 1 aliphatic heterocycles. The lowest BCUT2D eigenvalue weighted by molar-refractivity contribution is -0.498. The Bertz CT molecular complexity index is 407. The van der Waals surface area contributed by atoms with Crippen molar-refractivity contribution in [3.63, 3.8) is 0 Å². The van der Waals surface area contributed by atoms with Crippen LogP contribution < -0.4 is 10.8 Å². The maximum absolute atomic E-state index is 11.9. The average Bonchev–Trinajstić information content (AvgIpc) is 2.61. The predicted molar refractivity (Wildman–Crippen MR) is 52.6 cm³/mol. The number of nitrogens with one attached hydrogen (secondary N) is 1. The van der Waals surface area contributed by atoms with E-state index in [4.69, 9.17) is 15.3 Å². The van der Waals surface area contributed by atoms with Crippen LogP contribution in [0.2, 0.25) is 0 Å². The Morgan fingerprint density at radius 3 is 2.44 bits per heavy atom. The van der Waals surface area contributed by atoms with E-state index in [0.717, 1.165) is 12.4 Å². The summed E-state index contributed by atoms with van der Waals surface area (Å²) >= 11 is 0. The molecule has 0 unspecified atom stereocenters. The van der Waals surface area contributed by atoms with Crippen molar-refractivity contribution in [2.45, 2.75) is 24.6 Å². The van der Waals surface area contributed by atoms with Gasteiger partial charge in [0.15, 0.2) is 5.82 Å². The van der Waals surface area contributed by atoms with Crippen LogP contribution in [0.5, 0.6) is 0 Å². The van der Waals surface area contributed by atoms with Gasteiger partial charge in [0.2, 0.25) is 0 Å². The van der Waals surface area contributed by atoms with E-state index in [-0.39, 0.29) is 0 Å². The van der Waals surface area contributed by atoms with Gasteiger partial charge in [-0.15, -0.1) is 0 Å². The molecule has 1 aromatic rings. The maximum Gasteiger partial charge on any atom is 0.345 e. The largest absolute Gasteiger partial charge is 0.829 e. The second-order valence-electron chi connectivity index (χ2n) is 3.44.